The van der Waals surface area contributed by atoms with Gasteiger partial charge in [0.05, 0.1) is 0 Å². The first-order valence-electron chi connectivity index (χ1n) is 6.16. The van der Waals surface area contributed by atoms with Crippen molar-refractivity contribution in [1.82, 2.24) is 4.90 Å². The highest BCUT2D eigenvalue weighted by atomic mass is 16.4. The topological polar surface area (TPSA) is 57.6 Å². The minimum atomic E-state index is -0.841. The van der Waals surface area contributed by atoms with Crippen molar-refractivity contribution in [2.24, 2.45) is 11.8 Å². The lowest BCUT2D eigenvalue weighted by Gasteiger charge is -2.37. The van der Waals surface area contributed by atoms with E-state index in [1.807, 2.05) is 0 Å². The first-order chi connectivity index (χ1) is 7.63. The van der Waals surface area contributed by atoms with E-state index in [0.29, 0.717) is 18.9 Å². The van der Waals surface area contributed by atoms with Crippen LogP contribution in [0.3, 0.4) is 0 Å². The maximum absolute atomic E-state index is 11.9. The van der Waals surface area contributed by atoms with Crippen molar-refractivity contribution in [2.75, 3.05) is 6.54 Å². The van der Waals surface area contributed by atoms with E-state index in [0.717, 1.165) is 25.7 Å². The van der Waals surface area contributed by atoms with Gasteiger partial charge in [-0.2, -0.15) is 0 Å². The number of aliphatic carboxylic acids is 1. The highest BCUT2D eigenvalue weighted by Gasteiger charge is 2.41. The second-order valence-corrected chi connectivity index (χ2v) is 4.96. The number of piperidine rings is 1. The minimum absolute atomic E-state index is 0.0713. The van der Waals surface area contributed by atoms with Crippen LogP contribution in [-0.2, 0) is 9.59 Å². The lowest BCUT2D eigenvalue weighted by molar-refractivity contribution is -0.153. The molecule has 1 saturated heterocycles. The van der Waals surface area contributed by atoms with Crippen molar-refractivity contribution in [1.29, 1.82) is 0 Å². The molecular formula is C12H19NO3. The molecule has 4 nitrogen and oxygen atoms in total. The fourth-order valence-electron chi connectivity index (χ4n) is 2.47. The van der Waals surface area contributed by atoms with Gasteiger partial charge in [-0.25, -0.2) is 4.79 Å². The fraction of sp³-hybridized carbons (Fsp3) is 0.833. The van der Waals surface area contributed by atoms with Crippen molar-refractivity contribution >= 4 is 11.9 Å². The first-order valence-corrected chi connectivity index (χ1v) is 6.16. The van der Waals surface area contributed by atoms with Crippen LogP contribution < -0.4 is 0 Å². The van der Waals surface area contributed by atoms with Gasteiger partial charge in [-0.05, 0) is 31.6 Å². The van der Waals surface area contributed by atoms with Crippen molar-refractivity contribution in [3.63, 3.8) is 0 Å². The van der Waals surface area contributed by atoms with E-state index in [1.54, 1.807) is 4.90 Å². The van der Waals surface area contributed by atoms with Gasteiger partial charge < -0.3 is 10.0 Å². The van der Waals surface area contributed by atoms with E-state index in [-0.39, 0.29) is 11.8 Å². The molecule has 1 aliphatic carbocycles. The Morgan fingerprint density at radius 1 is 1.31 bits per heavy atom. The van der Waals surface area contributed by atoms with Crippen molar-refractivity contribution in [2.45, 2.75) is 45.1 Å². The molecule has 0 aromatic heterocycles. The Bertz CT molecular complexity index is 299. The van der Waals surface area contributed by atoms with Gasteiger partial charge in [-0.3, -0.25) is 4.79 Å². The molecule has 1 aliphatic heterocycles. The summed E-state index contributed by atoms with van der Waals surface area (Å²) in [5.74, 6) is -0.182. The summed E-state index contributed by atoms with van der Waals surface area (Å²) in [6.07, 6.45) is 4.48. The van der Waals surface area contributed by atoms with E-state index in [4.69, 9.17) is 0 Å². The quantitative estimate of drug-likeness (QED) is 0.791. The van der Waals surface area contributed by atoms with Gasteiger partial charge in [0.2, 0.25) is 5.91 Å². The van der Waals surface area contributed by atoms with Crippen LogP contribution in [0, 0.1) is 11.8 Å². The van der Waals surface area contributed by atoms with E-state index < -0.39 is 12.0 Å². The van der Waals surface area contributed by atoms with Gasteiger partial charge in [-0.1, -0.05) is 13.3 Å². The molecule has 2 fully saturated rings. The number of nitrogens with zero attached hydrogens (tertiary/aromatic N) is 1. The van der Waals surface area contributed by atoms with Gasteiger partial charge in [0.25, 0.3) is 0 Å². The van der Waals surface area contributed by atoms with Gasteiger partial charge >= 0.3 is 5.97 Å². The molecule has 1 amide bonds. The number of likely N-dealkylation sites (tertiary alicyclic amines) is 1. The lowest BCUT2D eigenvalue weighted by Crippen LogP contribution is -2.50. The maximum Gasteiger partial charge on any atom is 0.326 e. The third-order valence-electron chi connectivity index (χ3n) is 3.78. The summed E-state index contributed by atoms with van der Waals surface area (Å²) in [7, 11) is 0. The van der Waals surface area contributed by atoms with Crippen LogP contribution in [0.15, 0.2) is 0 Å². The lowest BCUT2D eigenvalue weighted by atomic mass is 9.88. The molecule has 0 spiro atoms. The Balaban J connectivity index is 2.05. The molecule has 2 unspecified atom stereocenters. The zero-order valence-electron chi connectivity index (χ0n) is 9.69. The number of carbonyl (C=O) groups excluding carboxylic acids is 1. The molecule has 16 heavy (non-hydrogen) atoms. The molecule has 0 bridgehead atoms. The highest BCUT2D eigenvalue weighted by molar-refractivity contribution is 5.86. The molecule has 1 saturated carbocycles. The second-order valence-electron chi connectivity index (χ2n) is 4.96. The van der Waals surface area contributed by atoms with Gasteiger partial charge in [-0.15, -0.1) is 0 Å². The highest BCUT2D eigenvalue weighted by Crippen LogP contribution is 2.34. The normalized spacial score (nSPS) is 30.2. The summed E-state index contributed by atoms with van der Waals surface area (Å²) in [5.41, 5.74) is 0. The molecule has 1 N–H and O–H groups in total. The molecule has 4 heteroatoms. The standard InChI is InChI=1S/C12H19NO3/c1-2-8-5-6-13(10(7-8)12(15)16)11(14)9-3-4-9/h8-10H,2-7H2,1H3,(H,15,16). The van der Waals surface area contributed by atoms with Crippen LogP contribution in [0.5, 0.6) is 0 Å². The average molecular weight is 225 g/mol. The van der Waals surface area contributed by atoms with Crippen LogP contribution >= 0.6 is 0 Å². The zero-order valence-corrected chi connectivity index (χ0v) is 9.69. The number of rotatable bonds is 3. The summed E-state index contributed by atoms with van der Waals surface area (Å²) >= 11 is 0. The van der Waals surface area contributed by atoms with Gasteiger partial charge in [0, 0.05) is 12.5 Å². The molecule has 90 valence electrons. The van der Waals surface area contributed by atoms with Crippen molar-refractivity contribution < 1.29 is 14.7 Å². The number of amides is 1. The number of hydrogen-bond donors (Lipinski definition) is 1. The van der Waals surface area contributed by atoms with Gasteiger partial charge in [0.15, 0.2) is 0 Å². The molecular weight excluding hydrogens is 206 g/mol. The molecule has 2 aliphatic rings. The molecule has 2 atom stereocenters. The van der Waals surface area contributed by atoms with Crippen LogP contribution in [0.1, 0.15) is 39.0 Å². The monoisotopic (exact) mass is 225 g/mol. The molecule has 1 heterocycles. The summed E-state index contributed by atoms with van der Waals surface area (Å²) in [6, 6.07) is -0.577. The predicted octanol–water partition coefficient (Wildman–Crippen LogP) is 1.50. The smallest absolute Gasteiger partial charge is 0.326 e. The number of hydrogen-bond acceptors (Lipinski definition) is 2. The average Bonchev–Trinajstić information content (AvgIpc) is 3.11. The van der Waals surface area contributed by atoms with Crippen LogP contribution in [0.4, 0.5) is 0 Å². The van der Waals surface area contributed by atoms with E-state index in [9.17, 15) is 14.7 Å². The molecule has 0 aromatic rings. The Morgan fingerprint density at radius 3 is 2.50 bits per heavy atom. The van der Waals surface area contributed by atoms with Crippen molar-refractivity contribution in [3.8, 4) is 0 Å². The first kappa shape index (κ1) is 11.4. The summed E-state index contributed by atoms with van der Waals surface area (Å²) < 4.78 is 0. The number of carboxylic acid groups (broad SMARTS) is 1. The second kappa shape index (κ2) is 4.44. The van der Waals surface area contributed by atoms with Crippen LogP contribution in [-0.4, -0.2) is 34.5 Å². The predicted molar refractivity (Wildman–Crippen MR) is 58.9 cm³/mol. The maximum atomic E-state index is 11.9. The van der Waals surface area contributed by atoms with E-state index >= 15 is 0 Å². The number of carboxylic acids is 1. The third-order valence-corrected chi connectivity index (χ3v) is 3.78. The van der Waals surface area contributed by atoms with Gasteiger partial charge in [0.1, 0.15) is 6.04 Å². The zero-order chi connectivity index (χ0) is 11.7. The van der Waals surface area contributed by atoms with Crippen molar-refractivity contribution in [3.05, 3.63) is 0 Å². The summed E-state index contributed by atoms with van der Waals surface area (Å²) in [6.45, 7) is 2.72. The largest absolute Gasteiger partial charge is 0.480 e. The Labute approximate surface area is 95.6 Å². The molecule has 2 rings (SSSR count). The van der Waals surface area contributed by atoms with E-state index in [1.165, 1.54) is 0 Å². The Morgan fingerprint density at radius 2 is 2.00 bits per heavy atom. The summed E-state index contributed by atoms with van der Waals surface area (Å²) in [5, 5.41) is 9.18. The molecule has 0 aromatic carbocycles. The van der Waals surface area contributed by atoms with Crippen LogP contribution in [0.2, 0.25) is 0 Å². The Hall–Kier alpha value is -1.06. The molecule has 0 radical (unpaired) electrons. The summed E-state index contributed by atoms with van der Waals surface area (Å²) in [4.78, 5) is 24.7. The fourth-order valence-corrected chi connectivity index (χ4v) is 2.47. The number of carbonyl (C=O) groups is 2. The minimum Gasteiger partial charge on any atom is -0.480 e. The third kappa shape index (κ3) is 2.20. The van der Waals surface area contributed by atoms with Crippen LogP contribution in [0.25, 0.3) is 0 Å². The van der Waals surface area contributed by atoms with E-state index in [2.05, 4.69) is 6.92 Å². The Kier molecular flexibility index (Phi) is 3.17. The SMILES string of the molecule is CCC1CCN(C(=O)C2CC2)C(C(=O)O)C1.